The molecule has 0 aliphatic carbocycles. The normalized spacial score (nSPS) is 20.4. The molecule has 0 saturated carbocycles. The Balaban J connectivity index is 0.00000200. The Morgan fingerprint density at radius 3 is 2.65 bits per heavy atom. The van der Waals surface area contributed by atoms with Crippen LogP contribution in [0.3, 0.4) is 0 Å². The van der Waals surface area contributed by atoms with Crippen LogP contribution in [0.4, 0.5) is 0 Å². The molecule has 0 spiro atoms. The van der Waals surface area contributed by atoms with Crippen LogP contribution in [0.1, 0.15) is 19.3 Å². The smallest absolute Gasteiger partial charge is 0.244 e. The summed E-state index contributed by atoms with van der Waals surface area (Å²) >= 11 is 11.9. The van der Waals surface area contributed by atoms with Crippen molar-refractivity contribution >= 4 is 45.6 Å². The number of sulfonamides is 1. The van der Waals surface area contributed by atoms with E-state index >= 15 is 0 Å². The van der Waals surface area contributed by atoms with E-state index in [1.54, 1.807) is 12.1 Å². The van der Waals surface area contributed by atoms with Gasteiger partial charge in [0, 0.05) is 19.1 Å². The molecule has 4 nitrogen and oxygen atoms in total. The van der Waals surface area contributed by atoms with Crippen molar-refractivity contribution in [2.24, 2.45) is 5.73 Å². The molecule has 0 aromatic heterocycles. The maximum atomic E-state index is 12.7. The van der Waals surface area contributed by atoms with Crippen molar-refractivity contribution < 1.29 is 8.42 Å². The molecule has 1 atom stereocenters. The zero-order valence-corrected chi connectivity index (χ0v) is 13.9. The van der Waals surface area contributed by atoms with Gasteiger partial charge in [-0.1, -0.05) is 35.7 Å². The molecule has 1 saturated heterocycles. The second kappa shape index (κ2) is 7.29. The maximum absolute atomic E-state index is 12.7. The Hall–Kier alpha value is -0.0400. The summed E-state index contributed by atoms with van der Waals surface area (Å²) in [6.07, 6.45) is 2.62. The lowest BCUT2D eigenvalue weighted by molar-refractivity contribution is 0.257. The van der Waals surface area contributed by atoms with Crippen LogP contribution in [0.25, 0.3) is 0 Å². The fourth-order valence-corrected chi connectivity index (χ4v) is 4.78. The molecule has 1 aliphatic rings. The number of nitrogens with zero attached hydrogens (tertiary/aromatic N) is 1. The van der Waals surface area contributed by atoms with E-state index in [9.17, 15) is 8.42 Å². The lowest BCUT2D eigenvalue weighted by atomic mass is 10.1. The van der Waals surface area contributed by atoms with Crippen LogP contribution in [-0.4, -0.2) is 31.9 Å². The first kappa shape index (κ1) is 18.0. The highest BCUT2D eigenvalue weighted by molar-refractivity contribution is 7.89. The SMILES string of the molecule is Cl.NCC1CCCCN1S(=O)(=O)c1cccc(Cl)c1Cl. The number of piperidine rings is 1. The summed E-state index contributed by atoms with van der Waals surface area (Å²) in [7, 11) is -3.64. The van der Waals surface area contributed by atoms with Gasteiger partial charge in [0.25, 0.3) is 0 Å². The minimum atomic E-state index is -3.64. The molecule has 8 heteroatoms. The zero-order valence-electron chi connectivity index (χ0n) is 10.8. The van der Waals surface area contributed by atoms with Crippen LogP contribution < -0.4 is 5.73 Å². The molecule has 0 bridgehead atoms. The van der Waals surface area contributed by atoms with Crippen molar-refractivity contribution in [1.29, 1.82) is 0 Å². The van der Waals surface area contributed by atoms with E-state index in [2.05, 4.69) is 0 Å². The van der Waals surface area contributed by atoms with Gasteiger partial charge in [-0.25, -0.2) is 8.42 Å². The van der Waals surface area contributed by atoms with Crippen molar-refractivity contribution in [3.05, 3.63) is 28.2 Å². The number of halogens is 3. The maximum Gasteiger partial charge on any atom is 0.244 e. The Labute approximate surface area is 135 Å². The van der Waals surface area contributed by atoms with E-state index in [0.29, 0.717) is 13.1 Å². The van der Waals surface area contributed by atoms with Crippen molar-refractivity contribution in [3.8, 4) is 0 Å². The van der Waals surface area contributed by atoms with E-state index in [4.69, 9.17) is 28.9 Å². The van der Waals surface area contributed by atoms with Gasteiger partial charge in [0.1, 0.15) is 4.90 Å². The summed E-state index contributed by atoms with van der Waals surface area (Å²) in [6, 6.07) is 4.47. The second-order valence-corrected chi connectivity index (χ2v) is 7.20. The number of benzene rings is 1. The average molecular weight is 360 g/mol. The summed E-state index contributed by atoms with van der Waals surface area (Å²) in [5.41, 5.74) is 5.67. The number of hydrogen-bond acceptors (Lipinski definition) is 3. The van der Waals surface area contributed by atoms with E-state index in [0.717, 1.165) is 19.3 Å². The first-order valence-electron chi connectivity index (χ1n) is 6.14. The third kappa shape index (κ3) is 3.40. The minimum Gasteiger partial charge on any atom is -0.329 e. The molecule has 1 unspecified atom stereocenters. The molecular weight excluding hydrogens is 343 g/mol. The van der Waals surface area contributed by atoms with Crippen LogP contribution in [0.5, 0.6) is 0 Å². The molecule has 1 fully saturated rings. The van der Waals surface area contributed by atoms with Gasteiger partial charge >= 0.3 is 0 Å². The number of rotatable bonds is 3. The summed E-state index contributed by atoms with van der Waals surface area (Å²) in [4.78, 5) is 0.0574. The van der Waals surface area contributed by atoms with Gasteiger partial charge in [0.05, 0.1) is 10.0 Å². The molecule has 1 heterocycles. The van der Waals surface area contributed by atoms with Crippen molar-refractivity contribution in [1.82, 2.24) is 4.31 Å². The first-order valence-corrected chi connectivity index (χ1v) is 8.34. The quantitative estimate of drug-likeness (QED) is 0.902. The Bertz CT molecular complexity index is 566. The molecule has 1 aliphatic heterocycles. The van der Waals surface area contributed by atoms with E-state index in [1.807, 2.05) is 0 Å². The predicted octanol–water partition coefficient (Wildman–Crippen LogP) is 2.92. The van der Waals surface area contributed by atoms with Crippen LogP contribution in [0.15, 0.2) is 23.1 Å². The van der Waals surface area contributed by atoms with Crippen LogP contribution in [0.2, 0.25) is 10.0 Å². The molecule has 1 aromatic rings. The zero-order chi connectivity index (χ0) is 14.0. The number of hydrogen-bond donors (Lipinski definition) is 1. The Morgan fingerprint density at radius 1 is 1.30 bits per heavy atom. The van der Waals surface area contributed by atoms with Gasteiger partial charge in [-0.15, -0.1) is 12.4 Å². The van der Waals surface area contributed by atoms with Gasteiger partial charge in [0.2, 0.25) is 10.0 Å². The highest BCUT2D eigenvalue weighted by Gasteiger charge is 2.34. The lowest BCUT2D eigenvalue weighted by Crippen LogP contribution is -2.47. The molecular formula is C12H17Cl3N2O2S. The number of nitrogens with two attached hydrogens (primary N) is 1. The average Bonchev–Trinajstić information content (AvgIpc) is 2.41. The Morgan fingerprint density at radius 2 is 2.00 bits per heavy atom. The summed E-state index contributed by atoms with van der Waals surface area (Å²) < 4.78 is 26.8. The standard InChI is InChI=1S/C12H16Cl2N2O2S.ClH/c13-10-5-3-6-11(12(10)14)19(17,18)16-7-2-1-4-9(16)8-15;/h3,5-6,9H,1-2,4,7-8,15H2;1H. The largest absolute Gasteiger partial charge is 0.329 e. The molecule has 2 rings (SSSR count). The minimum absolute atomic E-state index is 0. The highest BCUT2D eigenvalue weighted by atomic mass is 35.5. The topological polar surface area (TPSA) is 63.4 Å². The fraction of sp³-hybridized carbons (Fsp3) is 0.500. The molecule has 0 radical (unpaired) electrons. The molecule has 20 heavy (non-hydrogen) atoms. The molecule has 1 aromatic carbocycles. The highest BCUT2D eigenvalue weighted by Crippen LogP contribution is 2.33. The third-order valence-electron chi connectivity index (χ3n) is 3.35. The van der Waals surface area contributed by atoms with Crippen molar-refractivity contribution in [2.45, 2.75) is 30.2 Å². The van der Waals surface area contributed by atoms with E-state index < -0.39 is 10.0 Å². The monoisotopic (exact) mass is 358 g/mol. The second-order valence-electron chi connectivity index (χ2n) is 4.55. The third-order valence-corrected chi connectivity index (χ3v) is 6.27. The molecule has 114 valence electrons. The van der Waals surface area contributed by atoms with Crippen LogP contribution in [-0.2, 0) is 10.0 Å². The summed E-state index contributed by atoms with van der Waals surface area (Å²) in [5, 5.41) is 0.314. The first-order chi connectivity index (χ1) is 8.98. The van der Waals surface area contributed by atoms with Crippen LogP contribution in [0, 0.1) is 0 Å². The lowest BCUT2D eigenvalue weighted by Gasteiger charge is -2.34. The van der Waals surface area contributed by atoms with Crippen LogP contribution >= 0.6 is 35.6 Å². The van der Waals surface area contributed by atoms with Crippen molar-refractivity contribution in [3.63, 3.8) is 0 Å². The molecule has 2 N–H and O–H groups in total. The van der Waals surface area contributed by atoms with E-state index in [1.165, 1.54) is 10.4 Å². The van der Waals surface area contributed by atoms with Gasteiger partial charge in [-0.05, 0) is 25.0 Å². The fourth-order valence-electron chi connectivity index (χ4n) is 2.34. The van der Waals surface area contributed by atoms with E-state index in [-0.39, 0.29) is 33.4 Å². The summed E-state index contributed by atoms with van der Waals surface area (Å²) in [6.45, 7) is 0.796. The van der Waals surface area contributed by atoms with Gasteiger partial charge in [-0.3, -0.25) is 0 Å². The molecule has 0 amide bonds. The summed E-state index contributed by atoms with van der Waals surface area (Å²) in [5.74, 6) is 0. The van der Waals surface area contributed by atoms with Gasteiger partial charge in [-0.2, -0.15) is 4.31 Å². The van der Waals surface area contributed by atoms with Gasteiger partial charge in [0.15, 0.2) is 0 Å². The van der Waals surface area contributed by atoms with Crippen molar-refractivity contribution in [2.75, 3.05) is 13.1 Å². The Kier molecular flexibility index (Phi) is 6.57. The predicted molar refractivity (Wildman–Crippen MR) is 84.3 cm³/mol. The van der Waals surface area contributed by atoms with Gasteiger partial charge < -0.3 is 5.73 Å².